The zero-order valence-corrected chi connectivity index (χ0v) is 15.0. The SMILES string of the molecule is CCOc1ccc(C(=O)OCC(=O)NC(=O)NC(C)(C)C)cc1[N+](=O)[O-]. The normalized spacial score (nSPS) is 10.6. The van der Waals surface area contributed by atoms with Gasteiger partial charge in [0.05, 0.1) is 17.1 Å². The number of rotatable bonds is 6. The molecule has 0 saturated carbocycles. The smallest absolute Gasteiger partial charge is 0.338 e. The molecule has 0 atom stereocenters. The van der Waals surface area contributed by atoms with E-state index in [1.165, 1.54) is 12.1 Å². The van der Waals surface area contributed by atoms with Crippen LogP contribution in [0.25, 0.3) is 0 Å². The molecular formula is C16H21N3O7. The van der Waals surface area contributed by atoms with Crippen LogP contribution in [0, 0.1) is 10.1 Å². The van der Waals surface area contributed by atoms with Gasteiger partial charge in [-0.3, -0.25) is 20.2 Å². The maximum atomic E-state index is 11.9. The van der Waals surface area contributed by atoms with Crippen LogP contribution < -0.4 is 15.4 Å². The first-order valence-electron chi connectivity index (χ1n) is 7.74. The molecule has 3 amide bonds. The molecule has 1 rings (SSSR count). The minimum absolute atomic E-state index is 0.0191. The fourth-order valence-electron chi connectivity index (χ4n) is 1.81. The lowest BCUT2D eigenvalue weighted by Gasteiger charge is -2.20. The van der Waals surface area contributed by atoms with Gasteiger partial charge < -0.3 is 14.8 Å². The summed E-state index contributed by atoms with van der Waals surface area (Å²) in [5.41, 5.74) is -1.05. The molecule has 0 spiro atoms. The third-order valence-corrected chi connectivity index (χ3v) is 2.77. The van der Waals surface area contributed by atoms with Crippen molar-refractivity contribution in [2.75, 3.05) is 13.2 Å². The van der Waals surface area contributed by atoms with E-state index in [0.717, 1.165) is 6.07 Å². The number of nitrogens with one attached hydrogen (secondary N) is 2. The number of nitro groups is 1. The molecule has 1 aromatic rings. The summed E-state index contributed by atoms with van der Waals surface area (Å²) in [5.74, 6) is -1.76. The van der Waals surface area contributed by atoms with Crippen LogP contribution in [0.4, 0.5) is 10.5 Å². The largest absolute Gasteiger partial charge is 0.487 e. The number of ether oxygens (including phenoxy) is 2. The number of hydrogen-bond acceptors (Lipinski definition) is 7. The third kappa shape index (κ3) is 6.75. The first-order valence-corrected chi connectivity index (χ1v) is 7.74. The molecule has 142 valence electrons. The molecule has 0 radical (unpaired) electrons. The van der Waals surface area contributed by atoms with Crippen molar-refractivity contribution in [3.8, 4) is 5.75 Å². The van der Waals surface area contributed by atoms with E-state index >= 15 is 0 Å². The summed E-state index contributed by atoms with van der Waals surface area (Å²) < 4.78 is 9.87. The zero-order chi connectivity index (χ0) is 19.9. The van der Waals surface area contributed by atoms with Crippen LogP contribution in [0.1, 0.15) is 38.1 Å². The van der Waals surface area contributed by atoms with Crippen molar-refractivity contribution in [3.05, 3.63) is 33.9 Å². The van der Waals surface area contributed by atoms with Gasteiger partial charge in [-0.1, -0.05) is 0 Å². The van der Waals surface area contributed by atoms with Crippen LogP contribution in [0.15, 0.2) is 18.2 Å². The van der Waals surface area contributed by atoms with E-state index in [-0.39, 0.29) is 17.9 Å². The number of amides is 3. The number of hydrogen-bond donors (Lipinski definition) is 2. The monoisotopic (exact) mass is 367 g/mol. The fourth-order valence-corrected chi connectivity index (χ4v) is 1.81. The second-order valence-corrected chi connectivity index (χ2v) is 6.20. The summed E-state index contributed by atoms with van der Waals surface area (Å²) in [5, 5.41) is 15.5. The van der Waals surface area contributed by atoms with Crippen LogP contribution in [0.3, 0.4) is 0 Å². The average molecular weight is 367 g/mol. The summed E-state index contributed by atoms with van der Waals surface area (Å²) in [6, 6.07) is 2.83. The van der Waals surface area contributed by atoms with Gasteiger partial charge in [0.2, 0.25) is 0 Å². The lowest BCUT2D eigenvalue weighted by atomic mass is 10.1. The Labute approximate surface area is 150 Å². The molecule has 0 aliphatic carbocycles. The lowest BCUT2D eigenvalue weighted by Crippen LogP contribution is -2.49. The number of benzene rings is 1. The number of imide groups is 1. The Morgan fingerprint density at radius 1 is 1.23 bits per heavy atom. The Morgan fingerprint density at radius 3 is 2.42 bits per heavy atom. The minimum atomic E-state index is -0.942. The highest BCUT2D eigenvalue weighted by atomic mass is 16.6. The van der Waals surface area contributed by atoms with E-state index in [1.54, 1.807) is 27.7 Å². The maximum absolute atomic E-state index is 11.9. The van der Waals surface area contributed by atoms with Gasteiger partial charge in [-0.25, -0.2) is 9.59 Å². The number of urea groups is 1. The summed E-state index contributed by atoms with van der Waals surface area (Å²) >= 11 is 0. The molecule has 0 aromatic heterocycles. The van der Waals surface area contributed by atoms with E-state index in [0.29, 0.717) is 0 Å². The molecule has 0 fully saturated rings. The minimum Gasteiger partial charge on any atom is -0.487 e. The fraction of sp³-hybridized carbons (Fsp3) is 0.438. The van der Waals surface area contributed by atoms with Crippen molar-refractivity contribution in [1.82, 2.24) is 10.6 Å². The van der Waals surface area contributed by atoms with Crippen LogP contribution in [-0.2, 0) is 9.53 Å². The predicted octanol–water partition coefficient (Wildman–Crippen LogP) is 1.77. The molecule has 0 aliphatic rings. The van der Waals surface area contributed by atoms with E-state index in [4.69, 9.17) is 9.47 Å². The Kier molecular flexibility index (Phi) is 7.06. The van der Waals surface area contributed by atoms with Gasteiger partial charge in [-0.15, -0.1) is 0 Å². The van der Waals surface area contributed by atoms with E-state index in [2.05, 4.69) is 5.32 Å². The van der Waals surface area contributed by atoms with Crippen LogP contribution in [0.5, 0.6) is 5.75 Å². The van der Waals surface area contributed by atoms with Crippen molar-refractivity contribution in [2.24, 2.45) is 0 Å². The van der Waals surface area contributed by atoms with Crippen molar-refractivity contribution >= 4 is 23.6 Å². The first kappa shape index (κ1) is 20.9. The highest BCUT2D eigenvalue weighted by Crippen LogP contribution is 2.28. The molecule has 10 heteroatoms. The third-order valence-electron chi connectivity index (χ3n) is 2.77. The van der Waals surface area contributed by atoms with Crippen molar-refractivity contribution in [1.29, 1.82) is 0 Å². The first-order chi connectivity index (χ1) is 12.0. The Morgan fingerprint density at radius 2 is 1.88 bits per heavy atom. The standard InChI is InChI=1S/C16H21N3O7/c1-5-25-12-7-6-10(8-11(12)19(23)24)14(21)26-9-13(20)17-15(22)18-16(2,3)4/h6-8H,5,9H2,1-4H3,(H2,17,18,20,22). The molecule has 26 heavy (non-hydrogen) atoms. The van der Waals surface area contributed by atoms with Crippen LogP contribution >= 0.6 is 0 Å². The topological polar surface area (TPSA) is 137 Å². The van der Waals surface area contributed by atoms with E-state index < -0.39 is 40.7 Å². The van der Waals surface area contributed by atoms with Gasteiger partial charge in [0.15, 0.2) is 12.4 Å². The molecule has 2 N–H and O–H groups in total. The molecule has 0 bridgehead atoms. The van der Waals surface area contributed by atoms with Gasteiger partial charge in [0.1, 0.15) is 0 Å². The Hall–Kier alpha value is -3.17. The Balaban J connectivity index is 2.68. The number of nitrogens with zero attached hydrogens (tertiary/aromatic N) is 1. The predicted molar refractivity (Wildman–Crippen MR) is 91.0 cm³/mol. The van der Waals surface area contributed by atoms with Gasteiger partial charge in [-0.05, 0) is 39.8 Å². The maximum Gasteiger partial charge on any atom is 0.338 e. The number of carbonyl (C=O) groups is 3. The van der Waals surface area contributed by atoms with Crippen LogP contribution in [0.2, 0.25) is 0 Å². The molecular weight excluding hydrogens is 346 g/mol. The van der Waals surface area contributed by atoms with E-state index in [1.807, 2.05) is 5.32 Å². The molecule has 10 nitrogen and oxygen atoms in total. The van der Waals surface area contributed by atoms with Crippen molar-refractivity contribution in [3.63, 3.8) is 0 Å². The summed E-state index contributed by atoms with van der Waals surface area (Å²) in [6.45, 7) is 6.38. The van der Waals surface area contributed by atoms with E-state index in [9.17, 15) is 24.5 Å². The number of esters is 1. The summed E-state index contributed by atoms with van der Waals surface area (Å²) in [6.07, 6.45) is 0. The van der Waals surface area contributed by atoms with Gasteiger partial charge in [0, 0.05) is 11.6 Å². The van der Waals surface area contributed by atoms with Crippen molar-refractivity contribution < 1.29 is 28.8 Å². The molecule has 1 aromatic carbocycles. The highest BCUT2D eigenvalue weighted by molar-refractivity contribution is 5.97. The summed E-state index contributed by atoms with van der Waals surface area (Å²) in [4.78, 5) is 45.4. The van der Waals surface area contributed by atoms with Gasteiger partial charge in [-0.2, -0.15) is 0 Å². The highest BCUT2D eigenvalue weighted by Gasteiger charge is 2.21. The lowest BCUT2D eigenvalue weighted by molar-refractivity contribution is -0.385. The average Bonchev–Trinajstić information content (AvgIpc) is 2.51. The molecule has 0 heterocycles. The second kappa shape index (κ2) is 8.79. The molecule has 0 aliphatic heterocycles. The van der Waals surface area contributed by atoms with Gasteiger partial charge in [0.25, 0.3) is 5.91 Å². The quantitative estimate of drug-likeness (QED) is 0.444. The Bertz CT molecular complexity index is 710. The summed E-state index contributed by atoms with van der Waals surface area (Å²) in [7, 11) is 0. The van der Waals surface area contributed by atoms with Crippen molar-refractivity contribution in [2.45, 2.75) is 33.2 Å². The van der Waals surface area contributed by atoms with Crippen LogP contribution in [-0.4, -0.2) is 41.6 Å². The van der Waals surface area contributed by atoms with Gasteiger partial charge >= 0.3 is 17.7 Å². The number of carbonyl (C=O) groups excluding carboxylic acids is 3. The number of nitro benzene ring substituents is 1. The zero-order valence-electron chi connectivity index (χ0n) is 15.0. The second-order valence-electron chi connectivity index (χ2n) is 6.20. The molecule has 0 unspecified atom stereocenters. The molecule has 0 saturated heterocycles.